The summed E-state index contributed by atoms with van der Waals surface area (Å²) in [5.41, 5.74) is 0.0556. The van der Waals surface area contributed by atoms with Crippen LogP contribution in [0.4, 0.5) is 0 Å². The van der Waals surface area contributed by atoms with E-state index in [4.69, 9.17) is 28.3 Å². The first-order chi connectivity index (χ1) is 9.83. The SMILES string of the molecule is O=C(O)c1ccccc1S(=O)(=O)Cc1cccc(Cl)c1Cl. The molecular weight excluding hydrogens is 335 g/mol. The lowest BCUT2D eigenvalue weighted by atomic mass is 10.2. The van der Waals surface area contributed by atoms with Gasteiger partial charge in [-0.25, -0.2) is 13.2 Å². The van der Waals surface area contributed by atoms with E-state index in [1.807, 2.05) is 0 Å². The van der Waals surface area contributed by atoms with Gasteiger partial charge in [0.05, 0.1) is 26.3 Å². The molecule has 0 spiro atoms. The predicted molar refractivity (Wildman–Crippen MR) is 80.8 cm³/mol. The molecule has 0 heterocycles. The minimum absolute atomic E-state index is 0.149. The first-order valence-corrected chi connectivity index (χ1v) is 8.21. The van der Waals surface area contributed by atoms with E-state index in [0.29, 0.717) is 5.56 Å². The summed E-state index contributed by atoms with van der Waals surface area (Å²) in [5.74, 6) is -1.72. The van der Waals surface area contributed by atoms with Crippen LogP contribution in [0, 0.1) is 0 Å². The van der Waals surface area contributed by atoms with Crippen LogP contribution in [0.1, 0.15) is 15.9 Å². The lowest BCUT2D eigenvalue weighted by molar-refractivity contribution is 0.0692. The second-order valence-electron chi connectivity index (χ2n) is 4.27. The van der Waals surface area contributed by atoms with Crippen molar-refractivity contribution >= 4 is 39.0 Å². The normalized spacial score (nSPS) is 11.3. The van der Waals surface area contributed by atoms with Crippen molar-refractivity contribution in [2.24, 2.45) is 0 Å². The third-order valence-electron chi connectivity index (χ3n) is 2.83. The molecule has 0 saturated carbocycles. The molecule has 21 heavy (non-hydrogen) atoms. The van der Waals surface area contributed by atoms with Gasteiger partial charge in [-0.05, 0) is 23.8 Å². The minimum Gasteiger partial charge on any atom is -0.478 e. The number of carboxylic acids is 1. The molecule has 0 aliphatic carbocycles. The molecule has 0 unspecified atom stereocenters. The largest absolute Gasteiger partial charge is 0.478 e. The van der Waals surface area contributed by atoms with E-state index in [-0.39, 0.29) is 20.5 Å². The Balaban J connectivity index is 2.49. The second kappa shape index (κ2) is 6.05. The second-order valence-corrected chi connectivity index (χ2v) is 7.02. The highest BCUT2D eigenvalue weighted by atomic mass is 35.5. The Labute approximate surface area is 131 Å². The van der Waals surface area contributed by atoms with E-state index >= 15 is 0 Å². The Bertz CT molecular complexity index is 800. The van der Waals surface area contributed by atoms with Gasteiger partial charge in [-0.15, -0.1) is 0 Å². The fourth-order valence-electron chi connectivity index (χ4n) is 1.86. The van der Waals surface area contributed by atoms with Crippen LogP contribution in [-0.4, -0.2) is 19.5 Å². The number of aromatic carboxylic acids is 1. The first kappa shape index (κ1) is 15.8. The molecule has 1 N–H and O–H groups in total. The Morgan fingerprint density at radius 2 is 1.71 bits per heavy atom. The standard InChI is InChI=1S/C14H10Cl2O4S/c15-11-6-3-4-9(13(11)16)8-21(19,20)12-7-2-1-5-10(12)14(17)18/h1-7H,8H2,(H,17,18). The molecule has 0 aliphatic rings. The molecule has 0 fully saturated rings. The minimum atomic E-state index is -3.85. The maximum Gasteiger partial charge on any atom is 0.337 e. The number of halogens is 2. The van der Waals surface area contributed by atoms with Crippen molar-refractivity contribution in [3.05, 3.63) is 63.6 Å². The number of hydrogen-bond donors (Lipinski definition) is 1. The summed E-state index contributed by atoms with van der Waals surface area (Å²) in [7, 11) is -3.85. The molecule has 0 aromatic heterocycles. The molecule has 2 rings (SSSR count). The Kier molecular flexibility index (Phi) is 4.56. The summed E-state index contributed by atoms with van der Waals surface area (Å²) >= 11 is 11.8. The summed E-state index contributed by atoms with van der Waals surface area (Å²) in [6, 6.07) is 10.1. The van der Waals surface area contributed by atoms with Gasteiger partial charge in [-0.3, -0.25) is 0 Å². The predicted octanol–water partition coefficient (Wildman–Crippen LogP) is 3.67. The van der Waals surface area contributed by atoms with Gasteiger partial charge in [0.25, 0.3) is 0 Å². The third kappa shape index (κ3) is 3.37. The molecule has 0 bridgehead atoms. The maximum absolute atomic E-state index is 12.4. The van der Waals surface area contributed by atoms with Gasteiger partial charge in [0.15, 0.2) is 9.84 Å². The molecule has 110 valence electrons. The number of carbonyl (C=O) groups is 1. The lowest BCUT2D eigenvalue weighted by Crippen LogP contribution is -2.11. The number of benzene rings is 2. The van der Waals surface area contributed by atoms with E-state index in [2.05, 4.69) is 0 Å². The zero-order valence-corrected chi connectivity index (χ0v) is 12.9. The molecule has 0 aliphatic heterocycles. The monoisotopic (exact) mass is 344 g/mol. The summed E-state index contributed by atoms with van der Waals surface area (Å²) in [6.07, 6.45) is 0. The van der Waals surface area contributed by atoms with Crippen LogP contribution in [0.15, 0.2) is 47.4 Å². The van der Waals surface area contributed by atoms with Crippen molar-refractivity contribution in [1.29, 1.82) is 0 Å². The lowest BCUT2D eigenvalue weighted by Gasteiger charge is -2.09. The van der Waals surface area contributed by atoms with Gasteiger partial charge in [-0.2, -0.15) is 0 Å². The number of rotatable bonds is 4. The number of carboxylic acid groups (broad SMARTS) is 1. The van der Waals surface area contributed by atoms with Gasteiger partial charge >= 0.3 is 5.97 Å². The molecule has 4 nitrogen and oxygen atoms in total. The fraction of sp³-hybridized carbons (Fsp3) is 0.0714. The summed E-state index contributed by atoms with van der Waals surface area (Å²) in [4.78, 5) is 10.9. The van der Waals surface area contributed by atoms with E-state index in [1.54, 1.807) is 12.1 Å². The zero-order chi connectivity index (χ0) is 15.6. The summed E-state index contributed by atoms with van der Waals surface area (Å²) in [6.45, 7) is 0. The van der Waals surface area contributed by atoms with E-state index in [1.165, 1.54) is 30.3 Å². The van der Waals surface area contributed by atoms with Gasteiger partial charge in [-0.1, -0.05) is 47.5 Å². The highest BCUT2D eigenvalue weighted by Crippen LogP contribution is 2.29. The zero-order valence-electron chi connectivity index (χ0n) is 10.6. The quantitative estimate of drug-likeness (QED) is 0.918. The molecule has 2 aromatic rings. The summed E-state index contributed by atoms with van der Waals surface area (Å²) in [5, 5.41) is 9.48. The van der Waals surface area contributed by atoms with Crippen molar-refractivity contribution in [2.45, 2.75) is 10.6 Å². The van der Waals surface area contributed by atoms with Crippen molar-refractivity contribution in [2.75, 3.05) is 0 Å². The van der Waals surface area contributed by atoms with Gasteiger partial charge in [0, 0.05) is 0 Å². The topological polar surface area (TPSA) is 71.4 Å². The van der Waals surface area contributed by atoms with Crippen LogP contribution in [0.2, 0.25) is 10.0 Å². The fourth-order valence-corrected chi connectivity index (χ4v) is 3.90. The average Bonchev–Trinajstić information content (AvgIpc) is 2.44. The molecule has 0 saturated heterocycles. The summed E-state index contributed by atoms with van der Waals surface area (Å²) < 4.78 is 24.9. The molecule has 0 radical (unpaired) electrons. The van der Waals surface area contributed by atoms with Crippen LogP contribution in [0.25, 0.3) is 0 Å². The Hall–Kier alpha value is -1.56. The van der Waals surface area contributed by atoms with Crippen molar-refractivity contribution < 1.29 is 18.3 Å². The molecule has 0 atom stereocenters. The number of sulfone groups is 1. The van der Waals surface area contributed by atoms with Gasteiger partial charge < -0.3 is 5.11 Å². The highest BCUT2D eigenvalue weighted by Gasteiger charge is 2.23. The first-order valence-electron chi connectivity index (χ1n) is 5.81. The van der Waals surface area contributed by atoms with E-state index in [0.717, 1.165) is 0 Å². The van der Waals surface area contributed by atoms with Crippen molar-refractivity contribution in [3.8, 4) is 0 Å². The van der Waals surface area contributed by atoms with Crippen LogP contribution >= 0.6 is 23.2 Å². The number of hydrogen-bond acceptors (Lipinski definition) is 3. The van der Waals surface area contributed by atoms with Crippen LogP contribution < -0.4 is 0 Å². The maximum atomic E-state index is 12.4. The Morgan fingerprint density at radius 3 is 2.38 bits per heavy atom. The highest BCUT2D eigenvalue weighted by molar-refractivity contribution is 7.90. The molecule has 0 amide bonds. The van der Waals surface area contributed by atoms with Gasteiger partial charge in [0.1, 0.15) is 0 Å². The Morgan fingerprint density at radius 1 is 1.05 bits per heavy atom. The smallest absolute Gasteiger partial charge is 0.337 e. The third-order valence-corrected chi connectivity index (χ3v) is 5.40. The molecular formula is C14H10Cl2O4S. The van der Waals surface area contributed by atoms with E-state index in [9.17, 15) is 13.2 Å². The van der Waals surface area contributed by atoms with E-state index < -0.39 is 21.6 Å². The van der Waals surface area contributed by atoms with Crippen LogP contribution in [0.5, 0.6) is 0 Å². The molecule has 2 aromatic carbocycles. The average molecular weight is 345 g/mol. The van der Waals surface area contributed by atoms with Crippen LogP contribution in [0.3, 0.4) is 0 Å². The van der Waals surface area contributed by atoms with Crippen LogP contribution in [-0.2, 0) is 15.6 Å². The van der Waals surface area contributed by atoms with Crippen molar-refractivity contribution in [1.82, 2.24) is 0 Å². The molecule has 7 heteroatoms. The van der Waals surface area contributed by atoms with Gasteiger partial charge in [0.2, 0.25) is 0 Å². The van der Waals surface area contributed by atoms with Crippen molar-refractivity contribution in [3.63, 3.8) is 0 Å².